The fourth-order valence-electron chi connectivity index (χ4n) is 3.51. The summed E-state index contributed by atoms with van der Waals surface area (Å²) in [5, 5.41) is 42.2. The van der Waals surface area contributed by atoms with E-state index in [9.17, 15) is 15.6 Å². The van der Waals surface area contributed by atoms with Crippen molar-refractivity contribution in [1.82, 2.24) is 9.97 Å². The molecule has 0 saturated carbocycles. The number of halogens is 1. The van der Waals surface area contributed by atoms with Gasteiger partial charge < -0.3 is 19.7 Å². The van der Waals surface area contributed by atoms with E-state index in [0.717, 1.165) is 16.3 Å². The number of thioether (sulfide) groups is 1. The molecule has 4 rings (SSSR count). The summed E-state index contributed by atoms with van der Waals surface area (Å²) in [4.78, 5) is 9.18. The van der Waals surface area contributed by atoms with E-state index in [2.05, 4.69) is 17.1 Å². The van der Waals surface area contributed by atoms with Crippen LogP contribution in [0.3, 0.4) is 0 Å². The van der Waals surface area contributed by atoms with E-state index in [1.54, 1.807) is 24.3 Å². The quantitative estimate of drug-likeness (QED) is 0.233. The number of nitrogens with zero attached hydrogens (tertiary/aromatic N) is 4. The van der Waals surface area contributed by atoms with Crippen LogP contribution in [-0.4, -0.2) is 46.6 Å². The molecular weight excluding hydrogens is 544 g/mol. The Morgan fingerprint density at radius 1 is 0.868 bits per heavy atom. The van der Waals surface area contributed by atoms with Gasteiger partial charge in [0.05, 0.1) is 24.5 Å². The molecular formula is C27H21ClN4O4S2. The maximum Gasteiger partial charge on any atom is 0.233 e. The van der Waals surface area contributed by atoms with Crippen LogP contribution in [0.2, 0.25) is 5.02 Å². The van der Waals surface area contributed by atoms with Crippen LogP contribution in [0.15, 0.2) is 58.9 Å². The van der Waals surface area contributed by atoms with Gasteiger partial charge in [-0.3, -0.25) is 0 Å². The molecule has 8 nitrogen and oxygen atoms in total. The predicted molar refractivity (Wildman–Crippen MR) is 146 cm³/mol. The fourth-order valence-corrected chi connectivity index (χ4v) is 5.44. The molecule has 2 aromatic heterocycles. The number of benzene rings is 2. The van der Waals surface area contributed by atoms with Gasteiger partial charge >= 0.3 is 0 Å². The summed E-state index contributed by atoms with van der Waals surface area (Å²) >= 11 is 8.80. The van der Waals surface area contributed by atoms with Crippen LogP contribution in [0.5, 0.6) is 11.6 Å². The lowest BCUT2D eigenvalue weighted by Gasteiger charge is -2.15. The van der Waals surface area contributed by atoms with Crippen LogP contribution in [0.1, 0.15) is 16.8 Å². The van der Waals surface area contributed by atoms with Gasteiger partial charge in [0.25, 0.3) is 0 Å². The Morgan fingerprint density at radius 2 is 1.53 bits per heavy atom. The van der Waals surface area contributed by atoms with E-state index in [1.807, 2.05) is 29.6 Å². The van der Waals surface area contributed by atoms with Crippen LogP contribution in [0, 0.1) is 22.7 Å². The highest BCUT2D eigenvalue weighted by Crippen LogP contribution is 2.39. The van der Waals surface area contributed by atoms with Gasteiger partial charge in [-0.2, -0.15) is 10.5 Å². The zero-order valence-corrected chi connectivity index (χ0v) is 22.3. The maximum absolute atomic E-state index is 10.1. The smallest absolute Gasteiger partial charge is 0.233 e. The summed E-state index contributed by atoms with van der Waals surface area (Å²) in [6.07, 6.45) is 0. The largest absolute Gasteiger partial charge is 0.491 e. The van der Waals surface area contributed by atoms with Crippen LogP contribution in [0.25, 0.3) is 21.7 Å². The Bertz CT molecular complexity index is 1480. The topological polar surface area (TPSA) is 132 Å². The number of hydrogen-bond acceptors (Lipinski definition) is 10. The first-order chi connectivity index (χ1) is 18.6. The zero-order valence-electron chi connectivity index (χ0n) is 19.9. The molecule has 0 aliphatic rings. The first kappa shape index (κ1) is 27.4. The molecule has 0 fully saturated rings. The van der Waals surface area contributed by atoms with Crippen LogP contribution in [-0.2, 0) is 5.75 Å². The van der Waals surface area contributed by atoms with E-state index in [0.29, 0.717) is 32.7 Å². The number of aromatic nitrogens is 2. The van der Waals surface area contributed by atoms with E-state index < -0.39 is 0 Å². The first-order valence-corrected chi connectivity index (χ1v) is 13.6. The molecule has 0 unspecified atom stereocenters. The highest BCUT2D eigenvalue weighted by atomic mass is 35.5. The number of hydrogen-bond donors (Lipinski definition) is 2. The van der Waals surface area contributed by atoms with Crippen molar-refractivity contribution in [2.75, 3.05) is 26.4 Å². The summed E-state index contributed by atoms with van der Waals surface area (Å²) < 4.78 is 11.0. The monoisotopic (exact) mass is 564 g/mol. The minimum absolute atomic E-state index is 0.0405. The highest BCUT2D eigenvalue weighted by molar-refractivity contribution is 7.98. The lowest BCUT2D eigenvalue weighted by molar-refractivity contribution is 0.195. The Labute approximate surface area is 232 Å². The second-order valence-electron chi connectivity index (χ2n) is 7.68. The van der Waals surface area contributed by atoms with Gasteiger partial charge in [0.1, 0.15) is 46.7 Å². The minimum atomic E-state index is -0.256. The van der Waals surface area contributed by atoms with Gasteiger partial charge in [0, 0.05) is 27.3 Å². The van der Waals surface area contributed by atoms with Gasteiger partial charge in [-0.05, 0) is 29.8 Å². The summed E-state index contributed by atoms with van der Waals surface area (Å²) in [5.41, 5.74) is 3.09. The average Bonchev–Trinajstić information content (AvgIpc) is 3.43. The van der Waals surface area contributed by atoms with E-state index in [-0.39, 0.29) is 43.4 Å². The molecule has 11 heteroatoms. The number of nitriles is 2. The third kappa shape index (κ3) is 6.43. The molecule has 2 heterocycles. The molecule has 0 aliphatic heterocycles. The van der Waals surface area contributed by atoms with Crippen LogP contribution in [0.4, 0.5) is 0 Å². The van der Waals surface area contributed by atoms with E-state index in [1.165, 1.54) is 23.1 Å². The second-order valence-corrected chi connectivity index (χ2v) is 9.94. The number of thiazole rings is 1. The van der Waals surface area contributed by atoms with Gasteiger partial charge in [0.2, 0.25) is 5.88 Å². The zero-order chi connectivity index (χ0) is 26.9. The number of aliphatic hydroxyl groups excluding tert-OH is 2. The standard InChI is InChI=1S/C27H21ClN4O4S2/c28-19-5-1-18(2-6-19)26-31-20(15-37-26)16-38-27-23(14-30)24(22(13-29)25(32-27)36-12-10-34)17-3-7-21(8-4-17)35-11-9-33/h1-8,15,33-34H,9-12,16H2. The summed E-state index contributed by atoms with van der Waals surface area (Å²) in [6.45, 7) is -0.275. The molecule has 192 valence electrons. The molecule has 0 spiro atoms. The number of aliphatic hydroxyl groups is 2. The van der Waals surface area contributed by atoms with Gasteiger partial charge in [0.15, 0.2) is 0 Å². The van der Waals surface area contributed by atoms with Crippen molar-refractivity contribution in [2.24, 2.45) is 0 Å². The molecule has 0 saturated heterocycles. The summed E-state index contributed by atoms with van der Waals surface area (Å²) in [6, 6.07) is 18.6. The van der Waals surface area contributed by atoms with Crippen LogP contribution >= 0.6 is 34.7 Å². The third-order valence-electron chi connectivity index (χ3n) is 5.19. The molecule has 0 atom stereocenters. The van der Waals surface area contributed by atoms with Crippen molar-refractivity contribution in [1.29, 1.82) is 10.5 Å². The minimum Gasteiger partial charge on any atom is -0.491 e. The van der Waals surface area contributed by atoms with Crippen molar-refractivity contribution in [2.45, 2.75) is 10.8 Å². The fraction of sp³-hybridized carbons (Fsp3) is 0.185. The molecule has 2 aromatic carbocycles. The number of pyridine rings is 1. The SMILES string of the molecule is N#Cc1c(OCCO)nc(SCc2csc(-c3ccc(Cl)cc3)n2)c(C#N)c1-c1ccc(OCCO)cc1. The van der Waals surface area contributed by atoms with Crippen molar-refractivity contribution in [3.63, 3.8) is 0 Å². The highest BCUT2D eigenvalue weighted by Gasteiger charge is 2.23. The molecule has 4 aromatic rings. The Morgan fingerprint density at radius 3 is 2.18 bits per heavy atom. The Balaban J connectivity index is 1.69. The van der Waals surface area contributed by atoms with Crippen molar-refractivity contribution in [3.8, 4) is 45.5 Å². The summed E-state index contributed by atoms with van der Waals surface area (Å²) in [7, 11) is 0. The Kier molecular flexibility index (Phi) is 9.55. The lowest BCUT2D eigenvalue weighted by Crippen LogP contribution is -2.08. The van der Waals surface area contributed by atoms with Gasteiger partial charge in [-0.25, -0.2) is 9.97 Å². The predicted octanol–water partition coefficient (Wildman–Crippen LogP) is 5.30. The molecule has 0 aliphatic carbocycles. The molecule has 0 amide bonds. The van der Waals surface area contributed by atoms with Crippen molar-refractivity contribution >= 4 is 34.7 Å². The molecule has 0 radical (unpaired) electrons. The van der Waals surface area contributed by atoms with E-state index >= 15 is 0 Å². The number of ether oxygens (including phenoxy) is 2. The van der Waals surface area contributed by atoms with Gasteiger partial charge in [-0.1, -0.05) is 47.6 Å². The van der Waals surface area contributed by atoms with Gasteiger partial charge in [-0.15, -0.1) is 11.3 Å². The molecule has 2 N–H and O–H groups in total. The second kappa shape index (κ2) is 13.2. The van der Waals surface area contributed by atoms with Crippen LogP contribution < -0.4 is 9.47 Å². The van der Waals surface area contributed by atoms with E-state index in [4.69, 9.17) is 31.2 Å². The van der Waals surface area contributed by atoms with Crippen molar-refractivity contribution < 1.29 is 19.7 Å². The number of rotatable bonds is 11. The van der Waals surface area contributed by atoms with Crippen molar-refractivity contribution in [3.05, 3.63) is 75.8 Å². The molecule has 38 heavy (non-hydrogen) atoms. The average molecular weight is 565 g/mol. The third-order valence-corrected chi connectivity index (χ3v) is 7.39. The Hall–Kier alpha value is -3.64. The normalized spacial score (nSPS) is 10.6. The maximum atomic E-state index is 10.1. The lowest BCUT2D eigenvalue weighted by atomic mass is 9.97. The summed E-state index contributed by atoms with van der Waals surface area (Å²) in [5.74, 6) is 1.02. The first-order valence-electron chi connectivity index (χ1n) is 11.4. The molecule has 0 bridgehead atoms.